The topological polar surface area (TPSA) is 165 Å². The summed E-state index contributed by atoms with van der Waals surface area (Å²) in [5.41, 5.74) is 7.94. The van der Waals surface area contributed by atoms with Crippen molar-refractivity contribution in [2.24, 2.45) is 0 Å². The van der Waals surface area contributed by atoms with Crippen molar-refractivity contribution in [2.45, 2.75) is 64.5 Å². The van der Waals surface area contributed by atoms with Crippen LogP contribution >= 0.6 is 0 Å². The van der Waals surface area contributed by atoms with Crippen LogP contribution in [0.15, 0.2) is 73.1 Å². The van der Waals surface area contributed by atoms with E-state index in [0.29, 0.717) is 24.7 Å². The molecule has 53 heavy (non-hydrogen) atoms. The minimum absolute atomic E-state index is 0.173. The zero-order chi connectivity index (χ0) is 37.5. The zero-order valence-corrected chi connectivity index (χ0v) is 30.3. The molecule has 2 atom stereocenters. The van der Waals surface area contributed by atoms with E-state index in [0.717, 1.165) is 65.9 Å². The predicted octanol–water partition coefficient (Wildman–Crippen LogP) is 4.33. The number of aliphatic hydroxyl groups excluding tert-OH is 1. The maximum absolute atomic E-state index is 11.5. The summed E-state index contributed by atoms with van der Waals surface area (Å²) in [4.78, 5) is 31.5. The number of aryl methyl sites for hydroxylation is 1. The van der Waals surface area contributed by atoms with Crippen LogP contribution in [0.4, 0.5) is 5.69 Å². The van der Waals surface area contributed by atoms with Crippen LogP contribution in [0.3, 0.4) is 0 Å². The number of aliphatic hydroxyl groups is 2. The van der Waals surface area contributed by atoms with Crippen LogP contribution in [-0.4, -0.2) is 93.2 Å². The molecule has 2 aliphatic rings. The number of anilines is 1. The van der Waals surface area contributed by atoms with Gasteiger partial charge in [0, 0.05) is 74.4 Å². The molecular formula is C41H48N4O8. The highest BCUT2D eigenvalue weighted by molar-refractivity contribution is 5.79. The van der Waals surface area contributed by atoms with E-state index in [1.54, 1.807) is 12.4 Å². The summed E-state index contributed by atoms with van der Waals surface area (Å²) in [6, 6.07) is 19.2. The maximum Gasteiger partial charge on any atom is 0.337 e. The van der Waals surface area contributed by atoms with Gasteiger partial charge >= 0.3 is 11.9 Å². The number of benzene rings is 3. The third-order valence-electron chi connectivity index (χ3n) is 10.4. The first-order chi connectivity index (χ1) is 25.6. The average molecular weight is 725 g/mol. The molecule has 280 valence electrons. The first-order valence-electron chi connectivity index (χ1n) is 18.0. The fourth-order valence-electron chi connectivity index (χ4n) is 7.26. The van der Waals surface area contributed by atoms with Gasteiger partial charge in [-0.2, -0.15) is 0 Å². The van der Waals surface area contributed by atoms with Gasteiger partial charge in [0.25, 0.3) is 0 Å². The summed E-state index contributed by atoms with van der Waals surface area (Å²) in [5, 5.41) is 41.5. The van der Waals surface area contributed by atoms with Crippen LogP contribution in [-0.2, 0) is 35.8 Å². The Labute approximate surface area is 309 Å². The van der Waals surface area contributed by atoms with Gasteiger partial charge in [-0.1, -0.05) is 36.4 Å². The van der Waals surface area contributed by atoms with Crippen LogP contribution in [0.5, 0.6) is 11.5 Å². The number of ether oxygens (including phenoxy) is 2. The standard InChI is InChI=1S/C41H48N4O8/c1-27-19-31(22-43-35(23-46)39(47)48)38(52-24-29-7-5-14-42-21-29)20-37(27)53-25-30-8-3-9-32(28(30)2)33-10-4-11-36-34(33)12-17-45(36)16-6-15-44-18-13-41(51,26-44)40(49)50/h3-5,7-11,14,19-21,35,43,46,51H,6,12-13,15-18,22-26H2,1-2H3,(H,47,48)(H,49,50)/t35-,41?/m0/s1. The van der Waals surface area contributed by atoms with Gasteiger partial charge in [-0.25, -0.2) is 4.79 Å². The van der Waals surface area contributed by atoms with Gasteiger partial charge in [0.2, 0.25) is 0 Å². The Kier molecular flexibility index (Phi) is 11.9. The van der Waals surface area contributed by atoms with Crippen molar-refractivity contribution in [1.82, 2.24) is 15.2 Å². The number of likely N-dealkylation sites (tertiary alicyclic amines) is 1. The highest BCUT2D eigenvalue weighted by Gasteiger charge is 2.42. The molecule has 5 N–H and O–H groups in total. The number of β-amino-alcohol motifs (C(OH)–C–C–N with tert-alkyl or cyclic N) is 1. The molecule has 1 fully saturated rings. The van der Waals surface area contributed by atoms with E-state index in [1.807, 2.05) is 36.1 Å². The van der Waals surface area contributed by atoms with E-state index >= 15 is 0 Å². The third kappa shape index (κ3) is 8.80. The van der Waals surface area contributed by atoms with Gasteiger partial charge in [-0.3, -0.25) is 20.0 Å². The maximum atomic E-state index is 11.5. The normalized spacial score (nSPS) is 17.5. The fourth-order valence-corrected chi connectivity index (χ4v) is 7.26. The number of carbonyl (C=O) groups is 2. The molecule has 0 saturated carbocycles. The summed E-state index contributed by atoms with van der Waals surface area (Å²) >= 11 is 0. The number of nitrogens with one attached hydrogen (secondary N) is 1. The molecule has 1 unspecified atom stereocenters. The van der Waals surface area contributed by atoms with Crippen LogP contribution in [0.2, 0.25) is 0 Å². The van der Waals surface area contributed by atoms with E-state index in [-0.39, 0.29) is 26.1 Å². The van der Waals surface area contributed by atoms with Crippen molar-refractivity contribution in [3.05, 3.63) is 106 Å². The second-order valence-corrected chi connectivity index (χ2v) is 14.0. The minimum Gasteiger partial charge on any atom is -0.488 e. The number of fused-ring (bicyclic) bond motifs is 1. The van der Waals surface area contributed by atoms with Gasteiger partial charge < -0.3 is 34.8 Å². The Morgan fingerprint density at radius 1 is 0.943 bits per heavy atom. The van der Waals surface area contributed by atoms with Crippen LogP contribution in [0, 0.1) is 13.8 Å². The number of carboxylic acid groups (broad SMARTS) is 2. The molecule has 0 spiro atoms. The second-order valence-electron chi connectivity index (χ2n) is 14.0. The first kappa shape index (κ1) is 37.7. The number of carboxylic acids is 2. The van der Waals surface area contributed by atoms with Crippen molar-refractivity contribution in [2.75, 3.05) is 44.2 Å². The van der Waals surface area contributed by atoms with Gasteiger partial charge in [0.1, 0.15) is 30.8 Å². The van der Waals surface area contributed by atoms with Crippen molar-refractivity contribution < 1.29 is 39.5 Å². The smallest absolute Gasteiger partial charge is 0.337 e. The lowest BCUT2D eigenvalue weighted by atomic mass is 9.92. The third-order valence-corrected chi connectivity index (χ3v) is 10.4. The summed E-state index contributed by atoms with van der Waals surface area (Å²) in [7, 11) is 0. The lowest BCUT2D eigenvalue weighted by Crippen LogP contribution is -2.41. The van der Waals surface area contributed by atoms with E-state index in [4.69, 9.17) is 9.47 Å². The quantitative estimate of drug-likeness (QED) is 0.105. The number of nitrogens with zero attached hydrogens (tertiary/aromatic N) is 3. The lowest BCUT2D eigenvalue weighted by Gasteiger charge is -2.23. The van der Waals surface area contributed by atoms with Crippen molar-refractivity contribution in [3.8, 4) is 22.6 Å². The van der Waals surface area contributed by atoms with Gasteiger partial charge in [-0.15, -0.1) is 0 Å². The average Bonchev–Trinajstić information content (AvgIpc) is 3.75. The van der Waals surface area contributed by atoms with Gasteiger partial charge in [0.15, 0.2) is 5.60 Å². The largest absolute Gasteiger partial charge is 0.488 e. The Bertz CT molecular complexity index is 1920. The lowest BCUT2D eigenvalue weighted by molar-refractivity contribution is -0.157. The molecule has 3 aromatic carbocycles. The minimum atomic E-state index is -1.64. The van der Waals surface area contributed by atoms with E-state index in [2.05, 4.69) is 58.5 Å². The van der Waals surface area contributed by atoms with Gasteiger partial charge in [-0.05, 0) is 84.8 Å². The molecule has 3 heterocycles. The monoisotopic (exact) mass is 724 g/mol. The van der Waals surface area contributed by atoms with E-state index < -0.39 is 30.2 Å². The molecule has 2 aliphatic heterocycles. The van der Waals surface area contributed by atoms with Gasteiger partial charge in [0.05, 0.1) is 6.61 Å². The zero-order valence-electron chi connectivity index (χ0n) is 30.3. The van der Waals surface area contributed by atoms with E-state index in [1.165, 1.54) is 16.8 Å². The highest BCUT2D eigenvalue weighted by atomic mass is 16.5. The van der Waals surface area contributed by atoms with Crippen molar-refractivity contribution in [3.63, 3.8) is 0 Å². The molecule has 0 radical (unpaired) electrons. The molecular weight excluding hydrogens is 676 g/mol. The molecule has 12 nitrogen and oxygen atoms in total. The first-order valence-corrected chi connectivity index (χ1v) is 18.0. The van der Waals surface area contributed by atoms with Crippen LogP contribution in [0.1, 0.15) is 46.2 Å². The molecule has 12 heteroatoms. The fraction of sp³-hybridized carbons (Fsp3) is 0.390. The summed E-state index contributed by atoms with van der Waals surface area (Å²) < 4.78 is 12.7. The molecule has 4 aromatic rings. The highest BCUT2D eigenvalue weighted by Crippen LogP contribution is 2.39. The SMILES string of the molecule is Cc1cc(CN[C@@H](CO)C(=O)O)c(OCc2cccnc2)cc1OCc1cccc(-c2cccc3c2CCN3CCCN2CCC(O)(C(=O)O)C2)c1C. The summed E-state index contributed by atoms with van der Waals surface area (Å²) in [6.45, 7) is 7.58. The summed E-state index contributed by atoms with van der Waals surface area (Å²) in [5.74, 6) is -1.09. The summed E-state index contributed by atoms with van der Waals surface area (Å²) in [6.07, 6.45) is 5.50. The Morgan fingerprint density at radius 2 is 1.74 bits per heavy atom. The van der Waals surface area contributed by atoms with Crippen LogP contribution in [0.25, 0.3) is 11.1 Å². The van der Waals surface area contributed by atoms with Crippen LogP contribution < -0.4 is 19.7 Å². The predicted molar refractivity (Wildman–Crippen MR) is 200 cm³/mol. The molecule has 1 aromatic heterocycles. The number of aromatic nitrogens is 1. The van der Waals surface area contributed by atoms with Crippen molar-refractivity contribution in [1.29, 1.82) is 0 Å². The molecule has 0 aliphatic carbocycles. The second kappa shape index (κ2) is 16.8. The molecule has 1 saturated heterocycles. The number of rotatable bonds is 17. The Hall–Kier alpha value is -5.01. The molecule has 6 rings (SSSR count). The number of hydrogen-bond donors (Lipinski definition) is 5. The number of pyridine rings is 1. The number of hydrogen-bond acceptors (Lipinski definition) is 10. The Morgan fingerprint density at radius 3 is 2.47 bits per heavy atom. The molecule has 0 bridgehead atoms. The van der Waals surface area contributed by atoms with Crippen molar-refractivity contribution >= 4 is 17.6 Å². The van der Waals surface area contributed by atoms with E-state index in [9.17, 15) is 30.0 Å². The number of aliphatic carboxylic acids is 2. The molecule has 0 amide bonds. The Balaban J connectivity index is 1.15.